The molecule has 4 atom stereocenters. The van der Waals surface area contributed by atoms with Crippen molar-refractivity contribution in [3.05, 3.63) is 0 Å². The van der Waals surface area contributed by atoms with Gasteiger partial charge < -0.3 is 29.9 Å². The Kier molecular flexibility index (Phi) is 8.13. The highest BCUT2D eigenvalue weighted by atomic mass is 32.1. The summed E-state index contributed by atoms with van der Waals surface area (Å²) >= 11 is 4.60. The van der Waals surface area contributed by atoms with Crippen molar-refractivity contribution < 1.29 is 29.9 Å². The maximum absolute atomic E-state index is 9.61. The second-order valence-electron chi connectivity index (χ2n) is 3.27. The van der Waals surface area contributed by atoms with Crippen LogP contribution in [-0.4, -0.2) is 76.4 Å². The van der Waals surface area contributed by atoms with Gasteiger partial charge in [-0.2, -0.15) is 0 Å². The van der Waals surface area contributed by atoms with Crippen LogP contribution < -0.4 is 0 Å². The Balaban J connectivity index is 4.34. The zero-order valence-corrected chi connectivity index (χ0v) is 10.1. The zero-order valence-electron chi connectivity index (χ0n) is 9.31. The molecular weight excluding hydrogens is 250 g/mol. The van der Waals surface area contributed by atoms with Crippen molar-refractivity contribution in [2.24, 2.45) is 0 Å². The molecule has 17 heavy (non-hydrogen) atoms. The third-order valence-electron chi connectivity index (χ3n) is 2.06. The van der Waals surface area contributed by atoms with Crippen LogP contribution in [0.3, 0.4) is 0 Å². The Bertz CT molecular complexity index is 252. The number of nitrogens with one attached hydrogen (secondary N) is 1. The van der Waals surface area contributed by atoms with Crippen LogP contribution in [0.5, 0.6) is 0 Å². The molecule has 0 radical (unpaired) electrons. The lowest BCUT2D eigenvalue weighted by atomic mass is 10.0. The molecule has 100 valence electrons. The average molecular weight is 267 g/mol. The molecular formula is C9H17NO6S. The van der Waals surface area contributed by atoms with Gasteiger partial charge >= 0.3 is 0 Å². The van der Waals surface area contributed by atoms with Gasteiger partial charge in [-0.3, -0.25) is 5.41 Å². The van der Waals surface area contributed by atoms with E-state index in [-0.39, 0.29) is 12.5 Å². The monoisotopic (exact) mass is 267 g/mol. The number of ether oxygens (including phenoxy) is 2. The summed E-state index contributed by atoms with van der Waals surface area (Å²) in [5.74, 6) is -0.170. The maximum atomic E-state index is 9.61. The molecule has 0 saturated heterocycles. The molecule has 7 nitrogen and oxygen atoms in total. The molecule has 0 saturated carbocycles. The van der Waals surface area contributed by atoms with Gasteiger partial charge in [-0.15, -0.1) is 0 Å². The van der Waals surface area contributed by atoms with Crippen molar-refractivity contribution in [2.45, 2.75) is 24.4 Å². The Morgan fingerprint density at radius 3 is 2.35 bits per heavy atom. The topological polar surface area (TPSA) is 123 Å². The number of hydrogen-bond donors (Lipinski definition) is 5. The van der Waals surface area contributed by atoms with Gasteiger partial charge in [-0.25, -0.2) is 0 Å². The van der Waals surface area contributed by atoms with Gasteiger partial charge in [0.15, 0.2) is 0 Å². The molecule has 0 amide bonds. The third-order valence-corrected chi connectivity index (χ3v) is 2.32. The highest BCUT2D eigenvalue weighted by Crippen LogP contribution is 2.07. The Morgan fingerprint density at radius 1 is 1.35 bits per heavy atom. The average Bonchev–Trinajstić information content (AvgIpc) is 2.36. The first-order valence-electron chi connectivity index (χ1n) is 4.81. The summed E-state index contributed by atoms with van der Waals surface area (Å²) in [6.07, 6.45) is -5.65. The van der Waals surface area contributed by atoms with Crippen molar-refractivity contribution in [2.75, 3.05) is 20.3 Å². The Hall–Kier alpha value is -0.640. The normalized spacial score (nSPS) is 17.9. The van der Waals surface area contributed by atoms with Gasteiger partial charge in [0, 0.05) is 5.37 Å². The largest absolute Gasteiger partial charge is 0.483 e. The summed E-state index contributed by atoms with van der Waals surface area (Å²) in [7, 11) is 1.29. The number of aliphatic hydroxyl groups is 4. The van der Waals surface area contributed by atoms with E-state index in [1.54, 1.807) is 0 Å². The minimum atomic E-state index is -1.60. The van der Waals surface area contributed by atoms with E-state index in [2.05, 4.69) is 17.0 Å². The minimum Gasteiger partial charge on any atom is -0.483 e. The first-order chi connectivity index (χ1) is 7.97. The number of thiocarbonyl (C=S) groups is 1. The van der Waals surface area contributed by atoms with Crippen molar-refractivity contribution in [1.29, 1.82) is 5.41 Å². The molecule has 0 bridgehead atoms. The standard InChI is InChI=1S/C9H17NO6S/c1-15-7(10)3-16-6(4-17)9(14)8(13)5(12)2-11/h4-6,8-14H,2-3H2,1H3/t5-,6+,8+,9-/m1/s1. The summed E-state index contributed by atoms with van der Waals surface area (Å²) in [5, 5.41) is 45.0. The molecule has 5 N–H and O–H groups in total. The van der Waals surface area contributed by atoms with Crippen LogP contribution >= 0.6 is 12.2 Å². The Morgan fingerprint density at radius 2 is 1.94 bits per heavy atom. The molecule has 8 heteroatoms. The van der Waals surface area contributed by atoms with Crippen LogP contribution in [-0.2, 0) is 9.47 Å². The third kappa shape index (κ3) is 5.48. The van der Waals surface area contributed by atoms with E-state index in [0.29, 0.717) is 0 Å². The Labute approximate surface area is 104 Å². The van der Waals surface area contributed by atoms with E-state index in [1.807, 2.05) is 0 Å². The quantitative estimate of drug-likeness (QED) is 0.197. The first kappa shape index (κ1) is 16.4. The summed E-state index contributed by atoms with van der Waals surface area (Å²) in [6, 6.07) is 0. The van der Waals surface area contributed by atoms with E-state index in [4.69, 9.17) is 20.4 Å². The van der Waals surface area contributed by atoms with E-state index in [0.717, 1.165) is 5.37 Å². The van der Waals surface area contributed by atoms with Crippen molar-refractivity contribution in [1.82, 2.24) is 0 Å². The second-order valence-corrected chi connectivity index (χ2v) is 3.54. The highest BCUT2D eigenvalue weighted by Gasteiger charge is 2.30. The molecule has 0 aliphatic carbocycles. The van der Waals surface area contributed by atoms with E-state index >= 15 is 0 Å². The van der Waals surface area contributed by atoms with E-state index in [1.165, 1.54) is 7.11 Å². The summed E-state index contributed by atoms with van der Waals surface area (Å²) in [4.78, 5) is 0. The lowest BCUT2D eigenvalue weighted by Gasteiger charge is -2.26. The minimum absolute atomic E-state index is 0.170. The zero-order chi connectivity index (χ0) is 13.4. The van der Waals surface area contributed by atoms with Crippen LogP contribution in [0.25, 0.3) is 0 Å². The molecule has 0 spiro atoms. The number of rotatable bonds is 8. The summed E-state index contributed by atoms with van der Waals surface area (Å²) in [5.41, 5.74) is 0. The summed E-state index contributed by atoms with van der Waals surface area (Å²) in [6.45, 7) is -0.927. The van der Waals surface area contributed by atoms with Gasteiger partial charge in [-0.05, 0) is 0 Å². The fourth-order valence-corrected chi connectivity index (χ4v) is 1.22. The molecule has 0 aromatic heterocycles. The number of hydrogen-bond acceptors (Lipinski definition) is 8. The van der Waals surface area contributed by atoms with Crippen molar-refractivity contribution in [3.63, 3.8) is 0 Å². The molecule has 0 aromatic carbocycles. The predicted octanol–water partition coefficient (Wildman–Crippen LogP) is -1.93. The lowest BCUT2D eigenvalue weighted by molar-refractivity contribution is -0.109. The number of aliphatic hydroxyl groups excluding tert-OH is 4. The molecule has 0 heterocycles. The first-order valence-corrected chi connectivity index (χ1v) is 5.28. The summed E-state index contributed by atoms with van der Waals surface area (Å²) < 4.78 is 9.54. The smallest absolute Gasteiger partial charge is 0.206 e. The van der Waals surface area contributed by atoms with Gasteiger partial charge in [0.05, 0.1) is 13.7 Å². The van der Waals surface area contributed by atoms with Crippen LogP contribution in [0.2, 0.25) is 0 Å². The van der Waals surface area contributed by atoms with Crippen LogP contribution in [0.4, 0.5) is 0 Å². The van der Waals surface area contributed by atoms with Crippen molar-refractivity contribution >= 4 is 23.5 Å². The van der Waals surface area contributed by atoms with Gasteiger partial charge in [0.25, 0.3) is 0 Å². The molecule has 0 fully saturated rings. The SMILES string of the molecule is COC(=N)CO[C@@H](C=S)[C@@H](O)[C@@H](O)[C@H](O)CO. The second kappa shape index (κ2) is 8.45. The molecule has 0 aliphatic rings. The van der Waals surface area contributed by atoms with Crippen LogP contribution in [0, 0.1) is 5.41 Å². The lowest BCUT2D eigenvalue weighted by Crippen LogP contribution is -2.47. The fourth-order valence-electron chi connectivity index (χ4n) is 0.979. The molecule has 0 aromatic rings. The van der Waals surface area contributed by atoms with Crippen LogP contribution in [0.15, 0.2) is 0 Å². The van der Waals surface area contributed by atoms with Gasteiger partial charge in [0.1, 0.15) is 31.0 Å². The molecule has 0 aliphatic heterocycles. The van der Waals surface area contributed by atoms with Crippen LogP contribution in [0.1, 0.15) is 0 Å². The predicted molar refractivity (Wildman–Crippen MR) is 63.2 cm³/mol. The van der Waals surface area contributed by atoms with Crippen molar-refractivity contribution in [3.8, 4) is 0 Å². The number of methoxy groups -OCH3 is 1. The maximum Gasteiger partial charge on any atom is 0.206 e. The molecule has 0 unspecified atom stereocenters. The fraction of sp³-hybridized carbons (Fsp3) is 0.778. The van der Waals surface area contributed by atoms with E-state index in [9.17, 15) is 10.2 Å². The van der Waals surface area contributed by atoms with Gasteiger partial charge in [-0.1, -0.05) is 12.2 Å². The molecule has 0 rings (SSSR count). The van der Waals surface area contributed by atoms with E-state index < -0.39 is 31.0 Å². The highest BCUT2D eigenvalue weighted by molar-refractivity contribution is 7.79. The van der Waals surface area contributed by atoms with Gasteiger partial charge in [0.2, 0.25) is 5.90 Å².